The van der Waals surface area contributed by atoms with Gasteiger partial charge in [-0.05, 0) is 31.0 Å². The van der Waals surface area contributed by atoms with Crippen LogP contribution in [0.25, 0.3) is 0 Å². The fraction of sp³-hybridized carbons (Fsp3) is 0.647. The van der Waals surface area contributed by atoms with Gasteiger partial charge in [-0.3, -0.25) is 0 Å². The molecule has 1 aromatic rings. The molecule has 1 unspecified atom stereocenters. The van der Waals surface area contributed by atoms with Crippen LogP contribution in [0.3, 0.4) is 0 Å². The molecule has 0 fully saturated rings. The number of nitrogens with one attached hydrogen (secondary N) is 1. The Morgan fingerprint density at radius 2 is 2.10 bits per heavy atom. The van der Waals surface area contributed by atoms with Crippen LogP contribution in [0.4, 0.5) is 0 Å². The Morgan fingerprint density at radius 3 is 2.86 bits per heavy atom. The normalized spacial score (nSPS) is 14.2. The highest BCUT2D eigenvalue weighted by molar-refractivity contribution is 5.55. The number of hydrogen-bond acceptors (Lipinski definition) is 4. The lowest BCUT2D eigenvalue weighted by Crippen LogP contribution is -2.25. The Morgan fingerprint density at radius 1 is 1.24 bits per heavy atom. The van der Waals surface area contributed by atoms with Crippen LogP contribution in [-0.2, 0) is 6.54 Å². The average Bonchev–Trinajstić information content (AvgIpc) is 2.97. The first-order valence-electron chi connectivity index (χ1n) is 7.94. The van der Waals surface area contributed by atoms with E-state index in [0.29, 0.717) is 11.8 Å². The molecule has 1 aromatic carbocycles. The Bertz CT molecular complexity index is 448. The predicted octanol–water partition coefficient (Wildman–Crippen LogP) is 3.87. The zero-order valence-corrected chi connectivity index (χ0v) is 13.4. The lowest BCUT2D eigenvalue weighted by molar-refractivity contribution is 0.171. The van der Waals surface area contributed by atoms with Gasteiger partial charge in [0.25, 0.3) is 0 Å². The summed E-state index contributed by atoms with van der Waals surface area (Å²) in [6.45, 7) is 5.59. The fourth-order valence-electron chi connectivity index (χ4n) is 2.56. The van der Waals surface area contributed by atoms with Crippen LogP contribution >= 0.6 is 0 Å². The molecule has 0 saturated carbocycles. The summed E-state index contributed by atoms with van der Waals surface area (Å²) in [5.74, 6) is 2.24. The van der Waals surface area contributed by atoms with E-state index in [1.54, 1.807) is 7.11 Å². The molecule has 0 bridgehead atoms. The number of unbranched alkanes of at least 4 members (excludes halogenated alkanes) is 3. The second-order valence-electron chi connectivity index (χ2n) is 5.66. The summed E-state index contributed by atoms with van der Waals surface area (Å²) >= 11 is 0. The van der Waals surface area contributed by atoms with Crippen LogP contribution in [0.5, 0.6) is 17.2 Å². The highest BCUT2D eigenvalue weighted by Gasteiger charge is 2.20. The first kappa shape index (κ1) is 16.0. The largest absolute Gasteiger partial charge is 0.493 e. The summed E-state index contributed by atoms with van der Waals surface area (Å²) < 4.78 is 16.2. The van der Waals surface area contributed by atoms with E-state index in [1.807, 2.05) is 12.1 Å². The number of rotatable bonds is 9. The highest BCUT2D eigenvalue weighted by atomic mass is 16.7. The quantitative estimate of drug-likeness (QED) is 0.702. The molecule has 21 heavy (non-hydrogen) atoms. The predicted molar refractivity (Wildman–Crippen MR) is 84.2 cm³/mol. The summed E-state index contributed by atoms with van der Waals surface area (Å²) in [4.78, 5) is 0. The fourth-order valence-corrected chi connectivity index (χ4v) is 2.56. The molecule has 118 valence electrons. The average molecular weight is 293 g/mol. The highest BCUT2D eigenvalue weighted by Crippen LogP contribution is 2.41. The van der Waals surface area contributed by atoms with Crippen molar-refractivity contribution in [3.63, 3.8) is 0 Å². The maximum Gasteiger partial charge on any atom is 0.231 e. The van der Waals surface area contributed by atoms with Crippen LogP contribution in [0.1, 0.15) is 51.5 Å². The standard InChI is InChI=1S/C17H27NO3/c1-4-5-6-7-8-13(2)18-11-14-9-15(19-3)17-16(10-14)20-12-21-17/h9-10,13,18H,4-8,11-12H2,1-3H3. The molecule has 1 heterocycles. The molecule has 0 saturated heterocycles. The topological polar surface area (TPSA) is 39.7 Å². The van der Waals surface area contributed by atoms with Crippen molar-refractivity contribution in [2.45, 2.75) is 58.5 Å². The van der Waals surface area contributed by atoms with Gasteiger partial charge in [0.2, 0.25) is 12.5 Å². The molecule has 0 radical (unpaired) electrons. The zero-order valence-electron chi connectivity index (χ0n) is 13.4. The maximum absolute atomic E-state index is 5.45. The Labute approximate surface area is 127 Å². The van der Waals surface area contributed by atoms with Crippen molar-refractivity contribution in [3.8, 4) is 17.2 Å². The molecular formula is C17H27NO3. The lowest BCUT2D eigenvalue weighted by Gasteiger charge is -2.14. The lowest BCUT2D eigenvalue weighted by atomic mass is 10.1. The van der Waals surface area contributed by atoms with Gasteiger partial charge in [-0.15, -0.1) is 0 Å². The van der Waals surface area contributed by atoms with Crippen molar-refractivity contribution < 1.29 is 14.2 Å². The van der Waals surface area contributed by atoms with Crippen LogP contribution < -0.4 is 19.5 Å². The first-order chi connectivity index (χ1) is 10.2. The van der Waals surface area contributed by atoms with Gasteiger partial charge < -0.3 is 19.5 Å². The van der Waals surface area contributed by atoms with Crippen molar-refractivity contribution in [2.75, 3.05) is 13.9 Å². The second-order valence-corrected chi connectivity index (χ2v) is 5.66. The third kappa shape index (κ3) is 4.53. The minimum absolute atomic E-state index is 0.274. The molecule has 0 aromatic heterocycles. The minimum Gasteiger partial charge on any atom is -0.493 e. The van der Waals surface area contributed by atoms with Gasteiger partial charge in [0, 0.05) is 12.6 Å². The Balaban J connectivity index is 1.83. The van der Waals surface area contributed by atoms with E-state index >= 15 is 0 Å². The van der Waals surface area contributed by atoms with Crippen LogP contribution in [-0.4, -0.2) is 19.9 Å². The minimum atomic E-state index is 0.274. The summed E-state index contributed by atoms with van der Waals surface area (Å²) in [5, 5.41) is 3.57. The Kier molecular flexibility index (Phi) is 6.18. The SMILES string of the molecule is CCCCCCC(C)NCc1cc(OC)c2c(c1)OCO2. The molecule has 4 nitrogen and oxygen atoms in total. The number of ether oxygens (including phenoxy) is 3. The molecule has 1 atom stereocenters. The molecule has 0 amide bonds. The smallest absolute Gasteiger partial charge is 0.231 e. The van der Waals surface area contributed by atoms with Gasteiger partial charge in [-0.1, -0.05) is 32.6 Å². The molecule has 2 rings (SSSR count). The second kappa shape index (κ2) is 8.13. The van der Waals surface area contributed by atoms with E-state index < -0.39 is 0 Å². The third-order valence-corrected chi connectivity index (χ3v) is 3.86. The van der Waals surface area contributed by atoms with E-state index in [4.69, 9.17) is 14.2 Å². The van der Waals surface area contributed by atoms with Crippen LogP contribution in [0.2, 0.25) is 0 Å². The molecule has 4 heteroatoms. The van der Waals surface area contributed by atoms with Crippen molar-refractivity contribution in [3.05, 3.63) is 17.7 Å². The van der Waals surface area contributed by atoms with E-state index in [1.165, 1.54) is 32.1 Å². The number of fused-ring (bicyclic) bond motifs is 1. The summed E-state index contributed by atoms with van der Waals surface area (Å²) in [6.07, 6.45) is 6.49. The molecule has 1 N–H and O–H groups in total. The van der Waals surface area contributed by atoms with Crippen molar-refractivity contribution >= 4 is 0 Å². The number of benzene rings is 1. The summed E-state index contributed by atoms with van der Waals surface area (Å²) in [7, 11) is 1.66. The maximum atomic E-state index is 5.45. The van der Waals surface area contributed by atoms with E-state index in [2.05, 4.69) is 19.2 Å². The van der Waals surface area contributed by atoms with Crippen LogP contribution in [0.15, 0.2) is 12.1 Å². The molecule has 0 spiro atoms. The van der Waals surface area contributed by atoms with Crippen molar-refractivity contribution in [2.24, 2.45) is 0 Å². The van der Waals surface area contributed by atoms with E-state index in [-0.39, 0.29) is 6.79 Å². The summed E-state index contributed by atoms with van der Waals surface area (Å²) in [5.41, 5.74) is 1.16. The third-order valence-electron chi connectivity index (χ3n) is 3.86. The van der Waals surface area contributed by atoms with Gasteiger partial charge in [0.05, 0.1) is 7.11 Å². The van der Waals surface area contributed by atoms with Crippen molar-refractivity contribution in [1.82, 2.24) is 5.32 Å². The van der Waals surface area contributed by atoms with Crippen LogP contribution in [0, 0.1) is 0 Å². The van der Waals surface area contributed by atoms with E-state index in [9.17, 15) is 0 Å². The van der Waals surface area contributed by atoms with Gasteiger partial charge in [0.1, 0.15) is 0 Å². The van der Waals surface area contributed by atoms with Gasteiger partial charge in [-0.2, -0.15) is 0 Å². The van der Waals surface area contributed by atoms with Crippen molar-refractivity contribution in [1.29, 1.82) is 0 Å². The summed E-state index contributed by atoms with van der Waals surface area (Å²) in [6, 6.07) is 4.57. The Hall–Kier alpha value is -1.42. The molecule has 1 aliphatic rings. The number of hydrogen-bond donors (Lipinski definition) is 1. The molecular weight excluding hydrogens is 266 g/mol. The monoisotopic (exact) mass is 293 g/mol. The zero-order chi connectivity index (χ0) is 15.1. The number of methoxy groups -OCH3 is 1. The molecule has 1 aliphatic heterocycles. The van der Waals surface area contributed by atoms with Gasteiger partial charge >= 0.3 is 0 Å². The van der Waals surface area contributed by atoms with Gasteiger partial charge in [0.15, 0.2) is 11.5 Å². The van der Waals surface area contributed by atoms with E-state index in [0.717, 1.165) is 23.6 Å². The molecule has 0 aliphatic carbocycles. The first-order valence-corrected chi connectivity index (χ1v) is 7.94. The van der Waals surface area contributed by atoms with Gasteiger partial charge in [-0.25, -0.2) is 0 Å².